The number of pyridine rings is 1. The third-order valence-electron chi connectivity index (χ3n) is 3.25. The van der Waals surface area contributed by atoms with Crippen molar-refractivity contribution in [1.29, 1.82) is 0 Å². The van der Waals surface area contributed by atoms with Crippen molar-refractivity contribution in [3.63, 3.8) is 0 Å². The van der Waals surface area contributed by atoms with Gasteiger partial charge in [-0.05, 0) is 27.2 Å². The van der Waals surface area contributed by atoms with E-state index in [1.165, 1.54) is 0 Å². The number of carbonyl (C=O) groups is 1. The van der Waals surface area contributed by atoms with Crippen LogP contribution in [0.2, 0.25) is 0 Å². The molecule has 0 aliphatic carbocycles. The zero-order chi connectivity index (χ0) is 15.4. The Morgan fingerprint density at radius 2 is 2.05 bits per heavy atom. The van der Waals surface area contributed by atoms with Crippen molar-refractivity contribution in [1.82, 2.24) is 15.0 Å². The summed E-state index contributed by atoms with van der Waals surface area (Å²) in [5.41, 5.74) is 3.25. The first-order valence-electron chi connectivity index (χ1n) is 7.36. The van der Waals surface area contributed by atoms with Gasteiger partial charge in [-0.15, -0.1) is 0 Å². The number of hydrogen-bond donors (Lipinski definition) is 2. The third-order valence-corrected chi connectivity index (χ3v) is 3.25. The topological polar surface area (TPSA) is 79.9 Å². The summed E-state index contributed by atoms with van der Waals surface area (Å²) in [6, 6.07) is 0. The number of rotatable bonds is 6. The minimum absolute atomic E-state index is 0.340. The summed E-state index contributed by atoms with van der Waals surface area (Å²) in [6.07, 6.45) is 2.11. The summed E-state index contributed by atoms with van der Waals surface area (Å²) in [5.74, 6) is 0.423. The number of fused-ring (bicyclic) bond motifs is 1. The zero-order valence-electron chi connectivity index (χ0n) is 13.0. The fraction of sp³-hybridized carbons (Fsp3) is 0.533. The van der Waals surface area contributed by atoms with Gasteiger partial charge in [0.2, 0.25) is 0 Å². The van der Waals surface area contributed by atoms with Crippen LogP contribution in [0.3, 0.4) is 0 Å². The minimum atomic E-state index is -0.351. The smallest absolute Gasteiger partial charge is 0.342 e. The number of aryl methyl sites for hydroxylation is 2. The van der Waals surface area contributed by atoms with Gasteiger partial charge in [0.15, 0.2) is 5.65 Å². The van der Waals surface area contributed by atoms with E-state index in [-0.39, 0.29) is 5.97 Å². The largest absolute Gasteiger partial charge is 0.462 e. The van der Waals surface area contributed by atoms with Gasteiger partial charge in [-0.1, -0.05) is 13.3 Å². The van der Waals surface area contributed by atoms with Crippen LogP contribution in [0.15, 0.2) is 0 Å². The van der Waals surface area contributed by atoms with Crippen LogP contribution in [0.25, 0.3) is 11.2 Å². The molecule has 2 N–H and O–H groups in total. The molecule has 0 aliphatic rings. The molecule has 0 spiro atoms. The highest BCUT2D eigenvalue weighted by Gasteiger charge is 2.21. The molecule has 0 saturated carbocycles. The molecule has 0 atom stereocenters. The lowest BCUT2D eigenvalue weighted by Crippen LogP contribution is -2.14. The Balaban J connectivity index is 2.54. The number of aromatic amines is 1. The van der Waals surface area contributed by atoms with Crippen LogP contribution >= 0.6 is 0 Å². The van der Waals surface area contributed by atoms with Crippen molar-refractivity contribution in [3.05, 3.63) is 17.1 Å². The van der Waals surface area contributed by atoms with Gasteiger partial charge in [0.1, 0.15) is 16.9 Å². The molecule has 0 fully saturated rings. The second kappa shape index (κ2) is 6.56. The van der Waals surface area contributed by atoms with Crippen LogP contribution in [-0.2, 0) is 4.74 Å². The molecule has 0 amide bonds. The van der Waals surface area contributed by atoms with Crippen LogP contribution in [0.4, 0.5) is 5.69 Å². The van der Waals surface area contributed by atoms with Crippen LogP contribution in [0.1, 0.15) is 48.6 Å². The number of anilines is 1. The first-order valence-corrected chi connectivity index (χ1v) is 7.36. The van der Waals surface area contributed by atoms with Crippen LogP contribution in [-0.4, -0.2) is 34.1 Å². The average molecular weight is 290 g/mol. The van der Waals surface area contributed by atoms with Crippen LogP contribution < -0.4 is 5.32 Å². The molecule has 0 bridgehead atoms. The number of aromatic nitrogens is 3. The molecule has 2 rings (SSSR count). The standard InChI is InChI=1S/C15H22N4O2/c1-5-7-8-16-12-11(15(20)21-6-2)9(3)17-14-13(12)18-10(4)19-14/h5-8H2,1-4H3,(H2,16,17,18,19). The Bertz CT molecular complexity index is 649. The van der Waals surface area contributed by atoms with Crippen LogP contribution in [0, 0.1) is 13.8 Å². The molecule has 6 heteroatoms. The van der Waals surface area contributed by atoms with E-state index in [4.69, 9.17) is 4.74 Å². The maximum atomic E-state index is 12.2. The monoisotopic (exact) mass is 290 g/mol. The summed E-state index contributed by atoms with van der Waals surface area (Å²) in [5, 5.41) is 3.34. The van der Waals surface area contributed by atoms with Gasteiger partial charge in [-0.2, -0.15) is 0 Å². The molecular weight excluding hydrogens is 268 g/mol. The van der Waals surface area contributed by atoms with E-state index in [1.807, 2.05) is 6.92 Å². The van der Waals surface area contributed by atoms with E-state index in [1.54, 1.807) is 13.8 Å². The predicted octanol–water partition coefficient (Wildman–Crippen LogP) is 2.96. The van der Waals surface area contributed by atoms with Crippen molar-refractivity contribution in [2.75, 3.05) is 18.5 Å². The number of H-pyrrole nitrogens is 1. The number of imidazole rings is 1. The molecule has 0 radical (unpaired) electrons. The summed E-state index contributed by atoms with van der Waals surface area (Å²) >= 11 is 0. The van der Waals surface area contributed by atoms with Crippen molar-refractivity contribution in [2.45, 2.75) is 40.5 Å². The summed E-state index contributed by atoms with van der Waals surface area (Å²) < 4.78 is 5.16. The Morgan fingerprint density at radius 3 is 2.71 bits per heavy atom. The second-order valence-electron chi connectivity index (χ2n) is 4.97. The van der Waals surface area contributed by atoms with E-state index < -0.39 is 0 Å². The molecule has 114 valence electrons. The molecule has 0 aliphatic heterocycles. The number of unbranched alkanes of at least 4 members (excludes halogenated alkanes) is 1. The van der Waals surface area contributed by atoms with Gasteiger partial charge in [0, 0.05) is 6.54 Å². The van der Waals surface area contributed by atoms with Gasteiger partial charge in [0.25, 0.3) is 0 Å². The maximum absolute atomic E-state index is 12.2. The molecule has 0 saturated heterocycles. The summed E-state index contributed by atoms with van der Waals surface area (Å²) in [6.45, 7) is 8.73. The van der Waals surface area contributed by atoms with Crippen molar-refractivity contribution < 1.29 is 9.53 Å². The molecule has 2 aromatic heterocycles. The number of carbonyl (C=O) groups excluding carboxylic acids is 1. The van der Waals surface area contributed by atoms with E-state index in [0.29, 0.717) is 23.5 Å². The van der Waals surface area contributed by atoms with Gasteiger partial charge in [-0.25, -0.2) is 14.8 Å². The highest BCUT2D eigenvalue weighted by Crippen LogP contribution is 2.28. The number of nitrogens with zero attached hydrogens (tertiary/aromatic N) is 2. The Kier molecular flexibility index (Phi) is 4.77. The fourth-order valence-electron chi connectivity index (χ4n) is 2.28. The van der Waals surface area contributed by atoms with E-state index in [9.17, 15) is 4.79 Å². The lowest BCUT2D eigenvalue weighted by molar-refractivity contribution is 0.0526. The molecule has 0 unspecified atom stereocenters. The molecule has 6 nitrogen and oxygen atoms in total. The first kappa shape index (κ1) is 15.3. The first-order chi connectivity index (χ1) is 10.1. The SMILES string of the molecule is CCCCNc1c(C(=O)OCC)c(C)nc2nc(C)[nH]c12. The predicted molar refractivity (Wildman–Crippen MR) is 82.7 cm³/mol. The number of ether oxygens (including phenoxy) is 1. The number of nitrogens with one attached hydrogen (secondary N) is 2. The highest BCUT2D eigenvalue weighted by molar-refractivity contribution is 6.04. The Hall–Kier alpha value is -2.11. The van der Waals surface area contributed by atoms with Gasteiger partial charge >= 0.3 is 5.97 Å². The van der Waals surface area contributed by atoms with Crippen molar-refractivity contribution in [2.24, 2.45) is 0 Å². The quantitative estimate of drug-likeness (QED) is 0.631. The highest BCUT2D eigenvalue weighted by atomic mass is 16.5. The molecular formula is C15H22N4O2. The second-order valence-corrected chi connectivity index (χ2v) is 4.97. The van der Waals surface area contributed by atoms with Gasteiger partial charge in [0.05, 0.1) is 18.0 Å². The zero-order valence-corrected chi connectivity index (χ0v) is 13.0. The molecule has 0 aromatic carbocycles. The third kappa shape index (κ3) is 3.15. The Labute approximate surface area is 124 Å². The normalized spacial score (nSPS) is 10.9. The Morgan fingerprint density at radius 1 is 1.29 bits per heavy atom. The maximum Gasteiger partial charge on any atom is 0.342 e. The van der Waals surface area contributed by atoms with E-state index in [0.717, 1.165) is 36.4 Å². The van der Waals surface area contributed by atoms with Gasteiger partial charge in [-0.3, -0.25) is 0 Å². The lowest BCUT2D eigenvalue weighted by Gasteiger charge is -2.13. The summed E-state index contributed by atoms with van der Waals surface area (Å²) in [7, 11) is 0. The number of esters is 1. The van der Waals surface area contributed by atoms with Crippen molar-refractivity contribution in [3.8, 4) is 0 Å². The van der Waals surface area contributed by atoms with Crippen LogP contribution in [0.5, 0.6) is 0 Å². The molecule has 21 heavy (non-hydrogen) atoms. The van der Waals surface area contributed by atoms with Crippen molar-refractivity contribution >= 4 is 22.8 Å². The summed E-state index contributed by atoms with van der Waals surface area (Å²) in [4.78, 5) is 24.2. The van der Waals surface area contributed by atoms with E-state index >= 15 is 0 Å². The molecule has 2 heterocycles. The fourth-order valence-corrected chi connectivity index (χ4v) is 2.28. The minimum Gasteiger partial charge on any atom is -0.462 e. The lowest BCUT2D eigenvalue weighted by atomic mass is 10.1. The van der Waals surface area contributed by atoms with Gasteiger partial charge < -0.3 is 15.0 Å². The number of hydrogen-bond acceptors (Lipinski definition) is 5. The average Bonchev–Trinajstić information content (AvgIpc) is 2.79. The van der Waals surface area contributed by atoms with E-state index in [2.05, 4.69) is 27.2 Å². The molecule has 2 aromatic rings.